The van der Waals surface area contributed by atoms with Crippen LogP contribution in [-0.4, -0.2) is 15.9 Å². The Morgan fingerprint density at radius 1 is 1.50 bits per heavy atom. The normalized spacial score (nSPS) is 13.1. The first-order valence-corrected chi connectivity index (χ1v) is 5.42. The van der Waals surface area contributed by atoms with Gasteiger partial charge < -0.3 is 0 Å². The van der Waals surface area contributed by atoms with Gasteiger partial charge in [0.25, 0.3) is 0 Å². The monoisotopic (exact) mass is 270 g/mol. The van der Waals surface area contributed by atoms with E-state index in [1.165, 1.54) is 0 Å². The molecule has 0 bridgehead atoms. The zero-order chi connectivity index (χ0) is 7.98. The second kappa shape index (κ2) is 6.35. The highest BCUT2D eigenvalue weighted by Gasteiger charge is 2.07. The first-order valence-electron chi connectivity index (χ1n) is 3.39. The fraction of sp³-hybridized carbons (Fsp3) is 0.857. The van der Waals surface area contributed by atoms with Gasteiger partial charge in [0, 0.05) is 5.33 Å². The quantitative estimate of drug-likeness (QED) is 0.555. The minimum atomic E-state index is 0.0755. The number of Topliss-reactive ketones (excluding diaryl/α,β-unsaturated/α-hetero) is 1. The molecule has 1 atom stereocenters. The molecule has 0 aliphatic rings. The maximum Gasteiger partial charge on any atom is 0.143 e. The average Bonchev–Trinajstić information content (AvgIpc) is 1.88. The third-order valence-corrected chi connectivity index (χ3v) is 2.95. The number of hydrogen-bond acceptors (Lipinski definition) is 1. The molecule has 0 aromatic heterocycles. The van der Waals surface area contributed by atoms with E-state index in [1.807, 2.05) is 0 Å². The van der Waals surface area contributed by atoms with Crippen molar-refractivity contribution in [3.63, 3.8) is 0 Å². The summed E-state index contributed by atoms with van der Waals surface area (Å²) in [5.41, 5.74) is 0. The van der Waals surface area contributed by atoms with Crippen molar-refractivity contribution >= 4 is 37.6 Å². The van der Waals surface area contributed by atoms with E-state index >= 15 is 0 Å². The summed E-state index contributed by atoms with van der Waals surface area (Å²) in [5.74, 6) is 0.231. The molecule has 0 aliphatic heterocycles. The maximum absolute atomic E-state index is 10.7. The predicted molar refractivity (Wildman–Crippen MR) is 51.0 cm³/mol. The van der Waals surface area contributed by atoms with Crippen LogP contribution in [0.1, 0.15) is 26.2 Å². The molecule has 60 valence electrons. The third kappa shape index (κ3) is 5.42. The molecule has 0 fully saturated rings. The van der Waals surface area contributed by atoms with Crippen molar-refractivity contribution in [3.8, 4) is 0 Å². The molecule has 0 saturated heterocycles. The molecule has 1 nitrogen and oxygen atoms in total. The van der Waals surface area contributed by atoms with Gasteiger partial charge in [-0.2, -0.15) is 0 Å². The SMILES string of the molecule is CC(=O)C(Br)CCCCBr. The van der Waals surface area contributed by atoms with Crippen molar-refractivity contribution in [1.29, 1.82) is 0 Å². The number of alkyl halides is 2. The summed E-state index contributed by atoms with van der Waals surface area (Å²) in [4.78, 5) is 10.8. The van der Waals surface area contributed by atoms with Crippen LogP contribution < -0.4 is 0 Å². The molecule has 0 aromatic carbocycles. The van der Waals surface area contributed by atoms with Crippen molar-refractivity contribution < 1.29 is 4.79 Å². The second-order valence-corrected chi connectivity index (χ2v) is 4.16. The van der Waals surface area contributed by atoms with E-state index in [-0.39, 0.29) is 10.6 Å². The van der Waals surface area contributed by atoms with Gasteiger partial charge in [-0.05, 0) is 19.8 Å². The van der Waals surface area contributed by atoms with E-state index in [1.54, 1.807) is 6.92 Å². The highest BCUT2D eigenvalue weighted by Crippen LogP contribution is 2.11. The Labute approximate surface area is 78.8 Å². The molecule has 1 unspecified atom stereocenters. The summed E-state index contributed by atoms with van der Waals surface area (Å²) in [7, 11) is 0. The van der Waals surface area contributed by atoms with Crippen molar-refractivity contribution in [2.75, 3.05) is 5.33 Å². The largest absolute Gasteiger partial charge is 0.299 e. The van der Waals surface area contributed by atoms with Gasteiger partial charge in [0.1, 0.15) is 5.78 Å². The minimum absolute atomic E-state index is 0.0755. The molecule has 0 radical (unpaired) electrons. The number of carbonyl (C=O) groups excluding carboxylic acids is 1. The standard InChI is InChI=1S/C7H12Br2O/c1-6(10)7(9)4-2-3-5-8/h7H,2-5H2,1H3. The van der Waals surface area contributed by atoms with E-state index in [0.29, 0.717) is 0 Å². The van der Waals surface area contributed by atoms with E-state index in [9.17, 15) is 4.79 Å². The van der Waals surface area contributed by atoms with Gasteiger partial charge >= 0.3 is 0 Å². The van der Waals surface area contributed by atoms with E-state index < -0.39 is 0 Å². The average molecular weight is 272 g/mol. The predicted octanol–water partition coefficient (Wildman–Crippen LogP) is 2.90. The lowest BCUT2D eigenvalue weighted by Crippen LogP contribution is -2.08. The third-order valence-electron chi connectivity index (χ3n) is 1.28. The van der Waals surface area contributed by atoms with Crippen LogP contribution in [0.3, 0.4) is 0 Å². The summed E-state index contributed by atoms with van der Waals surface area (Å²) >= 11 is 6.64. The molecule has 0 aromatic rings. The van der Waals surface area contributed by atoms with Crippen molar-refractivity contribution in [2.45, 2.75) is 31.0 Å². The fourth-order valence-electron chi connectivity index (χ4n) is 0.621. The summed E-state index contributed by atoms with van der Waals surface area (Å²) in [6.45, 7) is 1.62. The number of carbonyl (C=O) groups is 1. The number of ketones is 1. The van der Waals surface area contributed by atoms with E-state index in [2.05, 4.69) is 31.9 Å². The van der Waals surface area contributed by atoms with Crippen LogP contribution in [0.5, 0.6) is 0 Å². The van der Waals surface area contributed by atoms with Crippen LogP contribution in [0.25, 0.3) is 0 Å². The Bertz CT molecular complexity index is 104. The van der Waals surface area contributed by atoms with Crippen molar-refractivity contribution in [1.82, 2.24) is 0 Å². The van der Waals surface area contributed by atoms with Crippen LogP contribution in [0.4, 0.5) is 0 Å². The topological polar surface area (TPSA) is 17.1 Å². The smallest absolute Gasteiger partial charge is 0.143 e. The van der Waals surface area contributed by atoms with Crippen LogP contribution in [0.2, 0.25) is 0 Å². The Morgan fingerprint density at radius 3 is 2.50 bits per heavy atom. The molecule has 0 saturated carbocycles. The van der Waals surface area contributed by atoms with Crippen LogP contribution in [-0.2, 0) is 4.79 Å². The Morgan fingerprint density at radius 2 is 2.10 bits per heavy atom. The molecule has 0 N–H and O–H groups in total. The second-order valence-electron chi connectivity index (χ2n) is 2.26. The van der Waals surface area contributed by atoms with Crippen LogP contribution >= 0.6 is 31.9 Å². The Hall–Kier alpha value is 0.630. The van der Waals surface area contributed by atoms with Gasteiger partial charge in [0.15, 0.2) is 0 Å². The van der Waals surface area contributed by atoms with E-state index in [0.717, 1.165) is 24.6 Å². The highest BCUT2D eigenvalue weighted by molar-refractivity contribution is 9.10. The number of unbranched alkanes of at least 4 members (excludes halogenated alkanes) is 1. The molecule has 0 heterocycles. The molecule has 3 heteroatoms. The highest BCUT2D eigenvalue weighted by atomic mass is 79.9. The number of halogens is 2. The molecule has 10 heavy (non-hydrogen) atoms. The minimum Gasteiger partial charge on any atom is -0.299 e. The van der Waals surface area contributed by atoms with Gasteiger partial charge in [0.2, 0.25) is 0 Å². The zero-order valence-electron chi connectivity index (χ0n) is 6.07. The number of hydrogen-bond donors (Lipinski definition) is 0. The molecule has 0 spiro atoms. The lowest BCUT2D eigenvalue weighted by Gasteiger charge is -2.02. The summed E-state index contributed by atoms with van der Waals surface area (Å²) in [5, 5.41) is 1.03. The first-order chi connectivity index (χ1) is 4.68. The van der Waals surface area contributed by atoms with E-state index in [4.69, 9.17) is 0 Å². The molecule has 0 rings (SSSR count). The van der Waals surface area contributed by atoms with Crippen molar-refractivity contribution in [2.24, 2.45) is 0 Å². The van der Waals surface area contributed by atoms with Gasteiger partial charge in [-0.15, -0.1) is 0 Å². The van der Waals surface area contributed by atoms with Gasteiger partial charge in [0.05, 0.1) is 4.83 Å². The zero-order valence-corrected chi connectivity index (χ0v) is 9.24. The molecular weight excluding hydrogens is 260 g/mol. The summed E-state index contributed by atoms with van der Waals surface area (Å²) in [6, 6.07) is 0. The summed E-state index contributed by atoms with van der Waals surface area (Å²) < 4.78 is 0. The van der Waals surface area contributed by atoms with Crippen LogP contribution in [0.15, 0.2) is 0 Å². The molecular formula is C7H12Br2O. The fourth-order valence-corrected chi connectivity index (χ4v) is 1.34. The Balaban J connectivity index is 3.21. The molecule has 0 amide bonds. The summed E-state index contributed by atoms with van der Waals surface area (Å²) in [6.07, 6.45) is 3.22. The van der Waals surface area contributed by atoms with Crippen LogP contribution in [0, 0.1) is 0 Å². The van der Waals surface area contributed by atoms with Crippen molar-refractivity contribution in [3.05, 3.63) is 0 Å². The number of rotatable bonds is 5. The van der Waals surface area contributed by atoms with Gasteiger partial charge in [-0.3, -0.25) is 4.79 Å². The van der Waals surface area contributed by atoms with Gasteiger partial charge in [-0.25, -0.2) is 0 Å². The molecule has 0 aliphatic carbocycles. The van der Waals surface area contributed by atoms with Gasteiger partial charge in [-0.1, -0.05) is 38.3 Å². The maximum atomic E-state index is 10.7. The first kappa shape index (κ1) is 10.6. The lowest BCUT2D eigenvalue weighted by atomic mass is 10.1. The lowest BCUT2D eigenvalue weighted by molar-refractivity contribution is -0.116. The Kier molecular flexibility index (Phi) is 6.75.